The Kier molecular flexibility index (Phi) is 2.42. The predicted octanol–water partition coefficient (Wildman–Crippen LogP) is 3.30. The molecular weight excluding hydrogens is 170 g/mol. The smallest absolute Gasteiger partial charge is 0.0210 e. The molecule has 1 aliphatic heterocycles. The lowest BCUT2D eigenvalue weighted by Crippen LogP contribution is -2.39. The minimum Gasteiger partial charge on any atom is -0.301 e. The van der Waals surface area contributed by atoms with Gasteiger partial charge in [0.1, 0.15) is 0 Å². The summed E-state index contributed by atoms with van der Waals surface area (Å²) in [5.74, 6) is 0.947. The molecule has 82 valence electrons. The van der Waals surface area contributed by atoms with Crippen molar-refractivity contribution in [3.05, 3.63) is 0 Å². The SMILES string of the molecule is CN1CCC[C@]12CC[C@@H](C(C)(C)C)C2. The fraction of sp³-hybridized carbons (Fsp3) is 1.00. The average Bonchev–Trinajstić information content (AvgIpc) is 2.61. The van der Waals surface area contributed by atoms with Crippen molar-refractivity contribution in [2.24, 2.45) is 11.3 Å². The Labute approximate surface area is 88.9 Å². The van der Waals surface area contributed by atoms with Gasteiger partial charge < -0.3 is 4.90 Å². The summed E-state index contributed by atoms with van der Waals surface area (Å²) in [6.45, 7) is 8.56. The topological polar surface area (TPSA) is 3.24 Å². The molecule has 0 aromatic rings. The zero-order chi connectivity index (χ0) is 10.4. The summed E-state index contributed by atoms with van der Waals surface area (Å²) < 4.78 is 0. The average molecular weight is 195 g/mol. The molecule has 0 bridgehead atoms. The van der Waals surface area contributed by atoms with E-state index < -0.39 is 0 Å². The highest BCUT2D eigenvalue weighted by Crippen LogP contribution is 2.50. The fourth-order valence-electron chi connectivity index (χ4n) is 3.49. The quantitative estimate of drug-likeness (QED) is 0.573. The summed E-state index contributed by atoms with van der Waals surface area (Å²) in [6, 6.07) is 0. The predicted molar refractivity (Wildman–Crippen MR) is 61.4 cm³/mol. The summed E-state index contributed by atoms with van der Waals surface area (Å²) in [7, 11) is 2.33. The van der Waals surface area contributed by atoms with Crippen molar-refractivity contribution in [3.63, 3.8) is 0 Å². The summed E-state index contributed by atoms with van der Waals surface area (Å²) in [5, 5.41) is 0. The van der Waals surface area contributed by atoms with Gasteiger partial charge in [-0.25, -0.2) is 0 Å². The van der Waals surface area contributed by atoms with Crippen molar-refractivity contribution in [1.82, 2.24) is 4.90 Å². The molecular formula is C13H25N. The van der Waals surface area contributed by atoms with E-state index in [-0.39, 0.29) is 0 Å². The van der Waals surface area contributed by atoms with Gasteiger partial charge in [-0.3, -0.25) is 0 Å². The molecule has 2 aliphatic rings. The van der Waals surface area contributed by atoms with Crippen molar-refractivity contribution in [1.29, 1.82) is 0 Å². The van der Waals surface area contributed by atoms with E-state index in [9.17, 15) is 0 Å². The third-order valence-electron chi connectivity index (χ3n) is 4.75. The Balaban J connectivity index is 2.07. The van der Waals surface area contributed by atoms with E-state index in [2.05, 4.69) is 32.7 Å². The van der Waals surface area contributed by atoms with Gasteiger partial charge in [0, 0.05) is 5.54 Å². The maximum atomic E-state index is 2.64. The van der Waals surface area contributed by atoms with Crippen molar-refractivity contribution < 1.29 is 0 Å². The maximum Gasteiger partial charge on any atom is 0.0210 e. The second-order valence-corrected chi connectivity index (χ2v) is 6.56. The molecule has 1 nitrogen and oxygen atoms in total. The summed E-state index contributed by atoms with van der Waals surface area (Å²) in [6.07, 6.45) is 7.23. The van der Waals surface area contributed by atoms with Gasteiger partial charge in [-0.2, -0.15) is 0 Å². The van der Waals surface area contributed by atoms with Crippen LogP contribution in [0.4, 0.5) is 0 Å². The molecule has 0 radical (unpaired) electrons. The van der Waals surface area contributed by atoms with Gasteiger partial charge in [0.05, 0.1) is 0 Å². The molecule has 1 heterocycles. The lowest BCUT2D eigenvalue weighted by Gasteiger charge is -2.34. The standard InChI is InChI=1S/C13H25N/c1-12(2,3)11-6-8-13(10-11)7-5-9-14(13)4/h11H,5-10H2,1-4H3/t11-,13-/m1/s1. The molecule has 1 saturated heterocycles. The number of hydrogen-bond acceptors (Lipinski definition) is 1. The normalized spacial score (nSPS) is 39.9. The largest absolute Gasteiger partial charge is 0.301 e. The van der Waals surface area contributed by atoms with Crippen LogP contribution < -0.4 is 0 Å². The van der Waals surface area contributed by atoms with Crippen LogP contribution in [0.3, 0.4) is 0 Å². The number of rotatable bonds is 0. The van der Waals surface area contributed by atoms with Gasteiger partial charge in [0.15, 0.2) is 0 Å². The van der Waals surface area contributed by atoms with Crippen LogP contribution in [0.2, 0.25) is 0 Å². The van der Waals surface area contributed by atoms with Gasteiger partial charge in [-0.05, 0) is 57.0 Å². The molecule has 0 aromatic heterocycles. The monoisotopic (exact) mass is 195 g/mol. The molecule has 1 heteroatoms. The lowest BCUT2D eigenvalue weighted by atomic mass is 9.78. The molecule has 1 aliphatic carbocycles. The molecule has 2 fully saturated rings. The molecule has 1 saturated carbocycles. The summed E-state index contributed by atoms with van der Waals surface area (Å²) in [5.41, 5.74) is 1.13. The van der Waals surface area contributed by atoms with Crippen LogP contribution in [0.15, 0.2) is 0 Å². The van der Waals surface area contributed by atoms with Crippen LogP contribution in [-0.2, 0) is 0 Å². The van der Waals surface area contributed by atoms with Gasteiger partial charge >= 0.3 is 0 Å². The van der Waals surface area contributed by atoms with Crippen LogP contribution in [0.25, 0.3) is 0 Å². The first-order valence-corrected chi connectivity index (χ1v) is 6.15. The number of hydrogen-bond donors (Lipinski definition) is 0. The third kappa shape index (κ3) is 1.60. The summed E-state index contributed by atoms with van der Waals surface area (Å²) >= 11 is 0. The minimum absolute atomic E-state index is 0.521. The van der Waals surface area contributed by atoms with Crippen molar-refractivity contribution in [3.8, 4) is 0 Å². The van der Waals surface area contributed by atoms with E-state index in [4.69, 9.17) is 0 Å². The number of nitrogens with zero attached hydrogens (tertiary/aromatic N) is 1. The Morgan fingerprint density at radius 2 is 1.93 bits per heavy atom. The van der Waals surface area contributed by atoms with Crippen LogP contribution in [0.1, 0.15) is 52.9 Å². The Hall–Kier alpha value is -0.0400. The molecule has 1 spiro atoms. The molecule has 0 aromatic carbocycles. The number of likely N-dealkylation sites (tertiary alicyclic amines) is 1. The zero-order valence-electron chi connectivity index (χ0n) is 10.3. The van der Waals surface area contributed by atoms with Crippen LogP contribution in [0, 0.1) is 11.3 Å². The van der Waals surface area contributed by atoms with Crippen LogP contribution in [0.5, 0.6) is 0 Å². The molecule has 0 N–H and O–H groups in total. The fourth-order valence-corrected chi connectivity index (χ4v) is 3.49. The Morgan fingerprint density at radius 3 is 2.36 bits per heavy atom. The Bertz CT molecular complexity index is 216. The molecule has 14 heavy (non-hydrogen) atoms. The van der Waals surface area contributed by atoms with E-state index in [0.717, 1.165) is 5.92 Å². The molecule has 2 atom stereocenters. The lowest BCUT2D eigenvalue weighted by molar-refractivity contribution is 0.153. The third-order valence-corrected chi connectivity index (χ3v) is 4.75. The Morgan fingerprint density at radius 1 is 1.21 bits per heavy atom. The highest BCUT2D eigenvalue weighted by Gasteiger charge is 2.47. The first-order valence-electron chi connectivity index (χ1n) is 6.15. The van der Waals surface area contributed by atoms with E-state index >= 15 is 0 Å². The minimum atomic E-state index is 0.521. The van der Waals surface area contributed by atoms with E-state index in [0.29, 0.717) is 11.0 Å². The van der Waals surface area contributed by atoms with E-state index in [1.165, 1.54) is 38.6 Å². The molecule has 0 unspecified atom stereocenters. The van der Waals surface area contributed by atoms with E-state index in [1.807, 2.05) is 0 Å². The highest BCUT2D eigenvalue weighted by molar-refractivity contribution is 5.02. The van der Waals surface area contributed by atoms with Crippen molar-refractivity contribution in [2.45, 2.75) is 58.4 Å². The molecule has 0 amide bonds. The van der Waals surface area contributed by atoms with Gasteiger partial charge in [0.25, 0.3) is 0 Å². The summed E-state index contributed by atoms with van der Waals surface area (Å²) in [4.78, 5) is 2.64. The first kappa shape index (κ1) is 10.5. The van der Waals surface area contributed by atoms with Crippen LogP contribution >= 0.6 is 0 Å². The van der Waals surface area contributed by atoms with Crippen LogP contribution in [-0.4, -0.2) is 24.0 Å². The van der Waals surface area contributed by atoms with Crippen molar-refractivity contribution >= 4 is 0 Å². The second-order valence-electron chi connectivity index (χ2n) is 6.56. The van der Waals surface area contributed by atoms with Gasteiger partial charge in [-0.15, -0.1) is 0 Å². The first-order chi connectivity index (χ1) is 6.44. The van der Waals surface area contributed by atoms with Gasteiger partial charge in [0.2, 0.25) is 0 Å². The molecule has 2 rings (SSSR count). The highest BCUT2D eigenvalue weighted by atomic mass is 15.2. The second kappa shape index (κ2) is 3.23. The van der Waals surface area contributed by atoms with Gasteiger partial charge in [-0.1, -0.05) is 20.8 Å². The van der Waals surface area contributed by atoms with E-state index in [1.54, 1.807) is 0 Å². The zero-order valence-corrected chi connectivity index (χ0v) is 10.3. The van der Waals surface area contributed by atoms with Crippen molar-refractivity contribution in [2.75, 3.05) is 13.6 Å². The maximum absolute atomic E-state index is 2.64.